The van der Waals surface area contributed by atoms with E-state index in [1.54, 1.807) is 4.90 Å². The maximum atomic E-state index is 12.5. The molecule has 1 atom stereocenters. The summed E-state index contributed by atoms with van der Waals surface area (Å²) >= 11 is 0. The number of ether oxygens (including phenoxy) is 1. The third-order valence-electron chi connectivity index (χ3n) is 4.72. The van der Waals surface area contributed by atoms with Gasteiger partial charge in [0.1, 0.15) is 0 Å². The van der Waals surface area contributed by atoms with Crippen LogP contribution in [-0.4, -0.2) is 75.6 Å². The predicted molar refractivity (Wildman–Crippen MR) is 106 cm³/mol. The van der Waals surface area contributed by atoms with Gasteiger partial charge < -0.3 is 15.0 Å². The van der Waals surface area contributed by atoms with Crippen molar-refractivity contribution in [3.8, 4) is 0 Å². The number of nitrogens with zero attached hydrogens (tertiary/aromatic N) is 2. The molecule has 0 bridgehead atoms. The Balaban J connectivity index is 2.25. The molecular weight excluding hydrogens is 382 g/mol. The highest BCUT2D eigenvalue weighted by atomic mass is 32.2. The van der Waals surface area contributed by atoms with E-state index in [-0.39, 0.29) is 31.2 Å². The molecule has 1 aromatic rings. The van der Waals surface area contributed by atoms with E-state index in [4.69, 9.17) is 4.74 Å². The molecule has 1 aromatic carbocycles. The van der Waals surface area contributed by atoms with Gasteiger partial charge in [-0.15, -0.1) is 0 Å². The molecule has 1 aliphatic heterocycles. The van der Waals surface area contributed by atoms with E-state index in [0.29, 0.717) is 32.7 Å². The summed E-state index contributed by atoms with van der Waals surface area (Å²) in [6.45, 7) is 1.71. The molecule has 0 aliphatic carbocycles. The molecular formula is C19H29N3O5S. The van der Waals surface area contributed by atoms with E-state index in [2.05, 4.69) is 5.32 Å². The lowest BCUT2D eigenvalue weighted by atomic mass is 10.0. The monoisotopic (exact) mass is 411 g/mol. The molecule has 1 fully saturated rings. The second kappa shape index (κ2) is 10.5. The topological polar surface area (TPSA) is 96.0 Å². The minimum Gasteiger partial charge on any atom is -0.384 e. The highest BCUT2D eigenvalue weighted by molar-refractivity contribution is 7.88. The van der Waals surface area contributed by atoms with Crippen molar-refractivity contribution >= 4 is 21.8 Å². The Labute approximate surface area is 166 Å². The summed E-state index contributed by atoms with van der Waals surface area (Å²) in [4.78, 5) is 26.5. The Morgan fingerprint density at radius 2 is 1.93 bits per heavy atom. The van der Waals surface area contributed by atoms with E-state index in [9.17, 15) is 18.0 Å². The number of sulfonamides is 1. The van der Waals surface area contributed by atoms with Crippen LogP contribution < -0.4 is 5.32 Å². The van der Waals surface area contributed by atoms with Crippen LogP contribution >= 0.6 is 0 Å². The maximum absolute atomic E-state index is 12.5. The lowest BCUT2D eigenvalue weighted by molar-refractivity contribution is -0.132. The third-order valence-corrected chi connectivity index (χ3v) is 6.01. The summed E-state index contributed by atoms with van der Waals surface area (Å²) in [6.07, 6.45) is 1.94. The van der Waals surface area contributed by atoms with Crippen molar-refractivity contribution in [2.45, 2.75) is 25.3 Å². The van der Waals surface area contributed by atoms with Gasteiger partial charge in [0.15, 0.2) is 0 Å². The average molecular weight is 412 g/mol. The Kier molecular flexibility index (Phi) is 8.40. The molecule has 1 N–H and O–H groups in total. The Morgan fingerprint density at radius 3 is 2.57 bits per heavy atom. The van der Waals surface area contributed by atoms with Crippen molar-refractivity contribution in [3.05, 3.63) is 35.9 Å². The predicted octanol–water partition coefficient (Wildman–Crippen LogP) is 0.764. The Hall–Kier alpha value is -1.97. The number of methoxy groups -OCH3 is 1. The second-order valence-electron chi connectivity index (χ2n) is 6.83. The van der Waals surface area contributed by atoms with Crippen molar-refractivity contribution in [2.24, 2.45) is 0 Å². The quantitative estimate of drug-likeness (QED) is 0.772. The molecule has 1 heterocycles. The number of carbonyl (C=O) groups excluding carboxylic acids is 2. The number of nitrogens with one attached hydrogen (secondary N) is 1. The molecule has 1 unspecified atom stereocenters. The van der Waals surface area contributed by atoms with Crippen LogP contribution in [0.25, 0.3) is 0 Å². The van der Waals surface area contributed by atoms with Crippen LogP contribution in [0, 0.1) is 0 Å². The zero-order chi connectivity index (χ0) is 20.6. The summed E-state index contributed by atoms with van der Waals surface area (Å²) in [5.74, 6) is -0.311. The Morgan fingerprint density at radius 1 is 1.21 bits per heavy atom. The van der Waals surface area contributed by atoms with E-state index in [1.165, 1.54) is 11.4 Å². The maximum Gasteiger partial charge on any atom is 0.224 e. The fourth-order valence-corrected chi connectivity index (χ4v) is 4.44. The number of carbonyl (C=O) groups is 2. The summed E-state index contributed by atoms with van der Waals surface area (Å²) in [5, 5.41) is 2.81. The van der Waals surface area contributed by atoms with Gasteiger partial charge in [-0.2, -0.15) is 4.31 Å². The molecule has 1 saturated heterocycles. The number of amides is 2. The summed E-state index contributed by atoms with van der Waals surface area (Å²) < 4.78 is 31.3. The van der Waals surface area contributed by atoms with Gasteiger partial charge in [0.2, 0.25) is 21.8 Å². The lowest BCUT2D eigenvalue weighted by Crippen LogP contribution is -2.39. The molecule has 2 rings (SSSR count). The molecule has 0 aromatic heterocycles. The minimum atomic E-state index is -3.55. The summed E-state index contributed by atoms with van der Waals surface area (Å²) in [7, 11) is -2.01. The van der Waals surface area contributed by atoms with E-state index >= 15 is 0 Å². The normalized spacial score (nSPS) is 20.3. The number of rotatable bonds is 5. The standard InChI is InChI=1S/C19H29N3O5S/c1-27-14-9-19(24)21-11-6-12-22(28(2,25)26)17(15-18(23)20-10-13-21)16-7-4-3-5-8-16/h3-5,7-8,17H,6,9-15H2,1-2H3,(H,20,23). The molecule has 2 amide bonds. The molecule has 9 heteroatoms. The fourth-order valence-electron chi connectivity index (χ4n) is 3.32. The molecule has 0 radical (unpaired) electrons. The highest BCUT2D eigenvalue weighted by Crippen LogP contribution is 2.27. The molecule has 8 nitrogen and oxygen atoms in total. The highest BCUT2D eigenvalue weighted by Gasteiger charge is 2.30. The first-order valence-electron chi connectivity index (χ1n) is 9.38. The third kappa shape index (κ3) is 6.57. The number of hydrogen-bond acceptors (Lipinski definition) is 5. The lowest BCUT2D eigenvalue weighted by Gasteiger charge is -2.30. The smallest absolute Gasteiger partial charge is 0.224 e. The van der Waals surface area contributed by atoms with Crippen molar-refractivity contribution < 1.29 is 22.7 Å². The van der Waals surface area contributed by atoms with Crippen LogP contribution in [0.15, 0.2) is 30.3 Å². The van der Waals surface area contributed by atoms with Gasteiger partial charge >= 0.3 is 0 Å². The van der Waals surface area contributed by atoms with Gasteiger partial charge in [-0.05, 0) is 12.0 Å². The molecule has 0 saturated carbocycles. The van der Waals surface area contributed by atoms with Crippen LogP contribution in [0.1, 0.15) is 30.9 Å². The first-order valence-corrected chi connectivity index (χ1v) is 11.2. The van der Waals surface area contributed by atoms with Gasteiger partial charge in [0, 0.05) is 39.7 Å². The van der Waals surface area contributed by atoms with E-state index in [0.717, 1.165) is 11.8 Å². The zero-order valence-electron chi connectivity index (χ0n) is 16.5. The minimum absolute atomic E-state index is 0.0364. The zero-order valence-corrected chi connectivity index (χ0v) is 17.3. The van der Waals surface area contributed by atoms with Crippen molar-refractivity contribution in [3.63, 3.8) is 0 Å². The van der Waals surface area contributed by atoms with Crippen LogP contribution in [0.2, 0.25) is 0 Å². The SMILES string of the molecule is COCCC(=O)N1CCCN(S(C)(=O)=O)C(c2ccccc2)CC(=O)NCC1. The van der Waals surface area contributed by atoms with E-state index in [1.807, 2.05) is 30.3 Å². The first kappa shape index (κ1) is 22.3. The van der Waals surface area contributed by atoms with Crippen LogP contribution in [0.5, 0.6) is 0 Å². The van der Waals surface area contributed by atoms with Gasteiger partial charge in [-0.25, -0.2) is 8.42 Å². The first-order chi connectivity index (χ1) is 13.3. The molecule has 28 heavy (non-hydrogen) atoms. The number of hydrogen-bond donors (Lipinski definition) is 1. The van der Waals surface area contributed by atoms with Crippen LogP contribution in [0.3, 0.4) is 0 Å². The molecule has 1 aliphatic rings. The summed E-state index contributed by atoms with van der Waals surface area (Å²) in [5.41, 5.74) is 0.773. The van der Waals surface area contributed by atoms with Gasteiger partial charge in [-0.1, -0.05) is 30.3 Å². The van der Waals surface area contributed by atoms with Crippen molar-refractivity contribution in [1.29, 1.82) is 0 Å². The van der Waals surface area contributed by atoms with E-state index < -0.39 is 16.1 Å². The largest absolute Gasteiger partial charge is 0.384 e. The van der Waals surface area contributed by atoms with Crippen LogP contribution in [0.4, 0.5) is 0 Å². The molecule has 0 spiro atoms. The summed E-state index contributed by atoms with van der Waals surface area (Å²) in [6, 6.07) is 8.59. The van der Waals surface area contributed by atoms with Gasteiger partial charge in [0.05, 0.1) is 25.3 Å². The van der Waals surface area contributed by atoms with Crippen molar-refractivity contribution in [1.82, 2.24) is 14.5 Å². The van der Waals surface area contributed by atoms with Crippen molar-refractivity contribution in [2.75, 3.05) is 46.2 Å². The van der Waals surface area contributed by atoms with Crippen LogP contribution in [-0.2, 0) is 24.3 Å². The number of benzene rings is 1. The second-order valence-corrected chi connectivity index (χ2v) is 8.77. The average Bonchev–Trinajstić information content (AvgIpc) is 2.69. The van der Waals surface area contributed by atoms with Gasteiger partial charge in [0.25, 0.3) is 0 Å². The fraction of sp³-hybridized carbons (Fsp3) is 0.579. The Bertz CT molecular complexity index is 754. The molecule has 156 valence electrons. The van der Waals surface area contributed by atoms with Gasteiger partial charge in [-0.3, -0.25) is 9.59 Å².